The van der Waals surface area contributed by atoms with Crippen molar-refractivity contribution in [3.63, 3.8) is 0 Å². The Hall–Kier alpha value is -0.890. The maximum absolute atomic E-state index is 5.52. The largest absolute Gasteiger partial charge is 0.237 e. The Morgan fingerprint density at radius 1 is 1.55 bits per heavy atom. The van der Waals surface area contributed by atoms with Crippen LogP contribution in [0.3, 0.4) is 0 Å². The zero-order valence-corrected chi connectivity index (χ0v) is 7.47. The van der Waals surface area contributed by atoms with Gasteiger partial charge in [0.1, 0.15) is 5.15 Å². The van der Waals surface area contributed by atoms with Crippen molar-refractivity contribution < 1.29 is 0 Å². The van der Waals surface area contributed by atoms with E-state index in [-0.39, 0.29) is 0 Å². The molecule has 0 amide bonds. The highest BCUT2D eigenvalue weighted by Gasteiger charge is 1.88. The molecule has 0 bridgehead atoms. The molecule has 1 aromatic heterocycles. The summed E-state index contributed by atoms with van der Waals surface area (Å²) < 4.78 is 0. The Balaban J connectivity index is 0.000000461. The summed E-state index contributed by atoms with van der Waals surface area (Å²) in [5.74, 6) is 0.558. The number of hydrogen-bond donors (Lipinski definition) is 0. The summed E-state index contributed by atoms with van der Waals surface area (Å²) in [4.78, 5) is 7.67. The zero-order valence-electron chi connectivity index (χ0n) is 6.71. The fourth-order valence-electron chi connectivity index (χ4n) is 0.449. The Morgan fingerprint density at radius 2 is 2.18 bits per heavy atom. The molecule has 1 aromatic rings. The molecule has 60 valence electrons. The minimum atomic E-state index is 0.444. The van der Waals surface area contributed by atoms with E-state index in [9.17, 15) is 0 Å². The van der Waals surface area contributed by atoms with E-state index in [0.29, 0.717) is 11.0 Å². The summed E-state index contributed by atoms with van der Waals surface area (Å²) in [5.41, 5.74) is 0. The van der Waals surface area contributed by atoms with Crippen LogP contribution in [0.5, 0.6) is 0 Å². The Labute approximate surface area is 71.9 Å². The average Bonchev–Trinajstić information content (AvgIpc) is 2.08. The number of rotatable bonds is 1. The van der Waals surface area contributed by atoms with Crippen LogP contribution in [-0.2, 0) is 0 Å². The molecule has 0 radical (unpaired) electrons. The van der Waals surface area contributed by atoms with Gasteiger partial charge in [-0.2, -0.15) is 0 Å². The second-order valence-electron chi connectivity index (χ2n) is 1.44. The van der Waals surface area contributed by atoms with Gasteiger partial charge in [0, 0.05) is 6.20 Å². The Bertz CT molecular complexity index is 223. The normalized spacial score (nSPS) is 7.91. The number of aromatic nitrogens is 2. The molecule has 1 rings (SSSR count). The predicted molar refractivity (Wildman–Crippen MR) is 48.5 cm³/mol. The third-order valence-electron chi connectivity index (χ3n) is 0.823. The Morgan fingerprint density at radius 3 is 2.55 bits per heavy atom. The van der Waals surface area contributed by atoms with Crippen molar-refractivity contribution in [2.45, 2.75) is 13.8 Å². The minimum Gasteiger partial charge on any atom is -0.237 e. The molecule has 0 spiro atoms. The van der Waals surface area contributed by atoms with E-state index >= 15 is 0 Å². The van der Waals surface area contributed by atoms with Crippen molar-refractivity contribution in [3.05, 3.63) is 29.8 Å². The van der Waals surface area contributed by atoms with E-state index < -0.39 is 0 Å². The summed E-state index contributed by atoms with van der Waals surface area (Å²) in [5, 5.41) is 0.444. The third kappa shape index (κ3) is 3.73. The standard InChI is InChI=1S/C6H5ClN2.C2H6/c1-2-6-8-4-3-5(7)9-6;1-2/h2-4H,1H2;1-2H3. The highest BCUT2D eigenvalue weighted by atomic mass is 35.5. The molecule has 0 unspecified atom stereocenters. The Kier molecular flexibility index (Phi) is 5.39. The quantitative estimate of drug-likeness (QED) is 0.606. The number of nitrogens with zero attached hydrogens (tertiary/aromatic N) is 2. The molecule has 0 atom stereocenters. The van der Waals surface area contributed by atoms with Crippen LogP contribution in [0.15, 0.2) is 18.8 Å². The van der Waals surface area contributed by atoms with Gasteiger partial charge < -0.3 is 0 Å². The molecule has 0 N–H and O–H groups in total. The van der Waals surface area contributed by atoms with Gasteiger partial charge in [-0.1, -0.05) is 32.0 Å². The summed E-state index contributed by atoms with van der Waals surface area (Å²) in [6.45, 7) is 7.49. The van der Waals surface area contributed by atoms with Gasteiger partial charge in [0.25, 0.3) is 0 Å². The molecule has 0 saturated carbocycles. The molecule has 0 fully saturated rings. The highest BCUT2D eigenvalue weighted by molar-refractivity contribution is 6.29. The fraction of sp³-hybridized carbons (Fsp3) is 0.250. The van der Waals surface area contributed by atoms with E-state index in [4.69, 9.17) is 11.6 Å². The second-order valence-corrected chi connectivity index (χ2v) is 1.83. The van der Waals surface area contributed by atoms with Crippen LogP contribution in [0.25, 0.3) is 6.08 Å². The van der Waals surface area contributed by atoms with Crippen LogP contribution < -0.4 is 0 Å². The fourth-order valence-corrected chi connectivity index (χ4v) is 0.592. The smallest absolute Gasteiger partial charge is 0.152 e. The maximum atomic E-state index is 5.52. The molecule has 3 heteroatoms. The summed E-state index contributed by atoms with van der Waals surface area (Å²) in [6.07, 6.45) is 3.14. The monoisotopic (exact) mass is 170 g/mol. The van der Waals surface area contributed by atoms with Crippen molar-refractivity contribution >= 4 is 17.7 Å². The molecule has 0 saturated heterocycles. The van der Waals surface area contributed by atoms with E-state index in [1.807, 2.05) is 13.8 Å². The van der Waals surface area contributed by atoms with Gasteiger partial charge in [0.15, 0.2) is 5.82 Å². The molecular weight excluding hydrogens is 160 g/mol. The van der Waals surface area contributed by atoms with Crippen LogP contribution in [0.1, 0.15) is 19.7 Å². The lowest BCUT2D eigenvalue weighted by Gasteiger charge is -1.88. The van der Waals surface area contributed by atoms with E-state index in [0.717, 1.165) is 0 Å². The molecule has 0 aliphatic rings. The van der Waals surface area contributed by atoms with Crippen molar-refractivity contribution in [2.75, 3.05) is 0 Å². The number of hydrogen-bond acceptors (Lipinski definition) is 2. The molecule has 1 heterocycles. The average molecular weight is 171 g/mol. The van der Waals surface area contributed by atoms with Gasteiger partial charge in [-0.3, -0.25) is 0 Å². The zero-order chi connectivity index (χ0) is 8.69. The first-order valence-corrected chi connectivity index (χ1v) is 3.81. The molecule has 11 heavy (non-hydrogen) atoms. The van der Waals surface area contributed by atoms with E-state index in [1.165, 1.54) is 0 Å². The summed E-state index contributed by atoms with van der Waals surface area (Å²) >= 11 is 5.52. The lowest BCUT2D eigenvalue weighted by Crippen LogP contribution is -1.83. The van der Waals surface area contributed by atoms with Gasteiger partial charge in [0.05, 0.1) is 0 Å². The molecule has 0 aliphatic carbocycles. The summed E-state index contributed by atoms with van der Waals surface area (Å²) in [6, 6.07) is 1.62. The van der Waals surface area contributed by atoms with Crippen molar-refractivity contribution in [3.8, 4) is 0 Å². The topological polar surface area (TPSA) is 25.8 Å². The first-order valence-electron chi connectivity index (χ1n) is 3.44. The maximum Gasteiger partial charge on any atom is 0.152 e. The SMILES string of the molecule is C=Cc1nccc(Cl)n1.CC. The van der Waals surface area contributed by atoms with Gasteiger partial charge in [-0.25, -0.2) is 9.97 Å². The van der Waals surface area contributed by atoms with Crippen molar-refractivity contribution in [1.29, 1.82) is 0 Å². The first-order chi connectivity index (χ1) is 5.33. The van der Waals surface area contributed by atoms with E-state index in [1.54, 1.807) is 18.3 Å². The minimum absolute atomic E-state index is 0.444. The van der Waals surface area contributed by atoms with Crippen LogP contribution >= 0.6 is 11.6 Å². The van der Waals surface area contributed by atoms with Gasteiger partial charge in [-0.15, -0.1) is 0 Å². The number of halogens is 1. The van der Waals surface area contributed by atoms with Crippen LogP contribution in [0, 0.1) is 0 Å². The molecule has 0 aromatic carbocycles. The molecular formula is C8H11ClN2. The van der Waals surface area contributed by atoms with Crippen LogP contribution in [0.2, 0.25) is 5.15 Å². The van der Waals surface area contributed by atoms with Crippen LogP contribution in [0.4, 0.5) is 0 Å². The highest BCUT2D eigenvalue weighted by Crippen LogP contribution is 2.01. The first kappa shape index (κ1) is 10.1. The van der Waals surface area contributed by atoms with Gasteiger partial charge in [-0.05, 0) is 12.1 Å². The second kappa shape index (κ2) is 5.86. The summed E-state index contributed by atoms with van der Waals surface area (Å²) in [7, 11) is 0. The van der Waals surface area contributed by atoms with Crippen molar-refractivity contribution in [2.24, 2.45) is 0 Å². The van der Waals surface area contributed by atoms with Crippen LogP contribution in [-0.4, -0.2) is 9.97 Å². The lowest BCUT2D eigenvalue weighted by molar-refractivity contribution is 1.14. The van der Waals surface area contributed by atoms with Gasteiger partial charge >= 0.3 is 0 Å². The molecule has 0 aliphatic heterocycles. The van der Waals surface area contributed by atoms with Crippen molar-refractivity contribution in [1.82, 2.24) is 9.97 Å². The third-order valence-corrected chi connectivity index (χ3v) is 1.03. The van der Waals surface area contributed by atoms with E-state index in [2.05, 4.69) is 16.5 Å². The van der Waals surface area contributed by atoms with Gasteiger partial charge in [0.2, 0.25) is 0 Å². The molecule has 2 nitrogen and oxygen atoms in total. The predicted octanol–water partition coefficient (Wildman–Crippen LogP) is 2.80. The lowest BCUT2D eigenvalue weighted by atomic mass is 10.5.